The number of thioether (sulfide) groups is 1. The number of fused-ring (bicyclic) bond motifs is 1. The van der Waals surface area contributed by atoms with Crippen LogP contribution in [0.1, 0.15) is 17.3 Å². The van der Waals surface area contributed by atoms with E-state index in [-0.39, 0.29) is 5.78 Å². The Morgan fingerprint density at radius 1 is 1.07 bits per heavy atom. The molecule has 0 aliphatic carbocycles. The van der Waals surface area contributed by atoms with E-state index in [1.807, 2.05) is 60.0 Å². The molecule has 2 aromatic heterocycles. The number of furan rings is 1. The number of nitrogens with zero attached hydrogens (tertiary/aromatic N) is 3. The molecule has 0 aliphatic rings. The van der Waals surface area contributed by atoms with Gasteiger partial charge in [-0.1, -0.05) is 55.8 Å². The van der Waals surface area contributed by atoms with Gasteiger partial charge in [-0.2, -0.15) is 0 Å². The van der Waals surface area contributed by atoms with Crippen LogP contribution in [0.2, 0.25) is 0 Å². The highest BCUT2D eigenvalue weighted by Crippen LogP contribution is 2.31. The third-order valence-electron chi connectivity index (χ3n) is 4.23. The maximum absolute atomic E-state index is 12.4. The Morgan fingerprint density at radius 3 is 2.57 bits per heavy atom. The van der Waals surface area contributed by atoms with E-state index in [0.29, 0.717) is 34.6 Å². The number of carbonyl (C=O) groups excluding carboxylic acids is 1. The first-order valence-corrected chi connectivity index (χ1v) is 11.2. The number of hydrogen-bond donors (Lipinski definition) is 0. The number of hydrogen-bond acceptors (Lipinski definition) is 5. The monoisotopic (exact) mass is 519 g/mol. The first-order chi connectivity index (χ1) is 13.5. The van der Waals surface area contributed by atoms with Crippen LogP contribution in [-0.4, -0.2) is 26.3 Å². The van der Waals surface area contributed by atoms with Gasteiger partial charge in [-0.25, -0.2) is 0 Å². The Balaban J connectivity index is 1.56. The van der Waals surface area contributed by atoms with Gasteiger partial charge in [0, 0.05) is 26.4 Å². The van der Waals surface area contributed by atoms with Crippen molar-refractivity contribution in [1.29, 1.82) is 0 Å². The van der Waals surface area contributed by atoms with Crippen LogP contribution in [0.5, 0.6) is 0 Å². The molecule has 5 nitrogen and oxygen atoms in total. The molecule has 4 aromatic rings. The van der Waals surface area contributed by atoms with Crippen molar-refractivity contribution in [2.24, 2.45) is 0 Å². The van der Waals surface area contributed by atoms with E-state index in [1.165, 1.54) is 11.8 Å². The summed E-state index contributed by atoms with van der Waals surface area (Å²) in [4.78, 5) is 12.4. The summed E-state index contributed by atoms with van der Waals surface area (Å²) in [7, 11) is 0. The molecule has 0 atom stereocenters. The molecule has 4 rings (SSSR count). The van der Waals surface area contributed by atoms with Crippen molar-refractivity contribution in [3.63, 3.8) is 0 Å². The number of carbonyl (C=O) groups is 1. The predicted octanol–water partition coefficient (Wildman–Crippen LogP) is 6.21. The van der Waals surface area contributed by atoms with Crippen LogP contribution in [0.3, 0.4) is 0 Å². The minimum absolute atomic E-state index is 0.0540. The summed E-state index contributed by atoms with van der Waals surface area (Å²) in [5, 5.41) is 10.3. The molecule has 28 heavy (non-hydrogen) atoms. The molecule has 0 saturated heterocycles. The molecule has 0 bridgehead atoms. The maximum atomic E-state index is 12.4. The van der Waals surface area contributed by atoms with Gasteiger partial charge in [-0.05, 0) is 43.3 Å². The van der Waals surface area contributed by atoms with Gasteiger partial charge >= 0.3 is 0 Å². The molecule has 0 amide bonds. The number of halogens is 2. The maximum Gasteiger partial charge on any atom is 0.200 e. The molecule has 0 unspecified atom stereocenters. The van der Waals surface area contributed by atoms with Crippen LogP contribution >= 0.6 is 43.6 Å². The van der Waals surface area contributed by atoms with Gasteiger partial charge in [0.25, 0.3) is 0 Å². The topological polar surface area (TPSA) is 60.9 Å². The van der Waals surface area contributed by atoms with Crippen LogP contribution in [0.25, 0.3) is 22.6 Å². The summed E-state index contributed by atoms with van der Waals surface area (Å²) in [6.07, 6.45) is 0. The second kappa shape index (κ2) is 8.23. The number of aromatic nitrogens is 3. The summed E-state index contributed by atoms with van der Waals surface area (Å²) in [6, 6.07) is 15.2. The zero-order valence-corrected chi connectivity index (χ0v) is 18.8. The fourth-order valence-corrected chi connectivity index (χ4v) is 4.38. The minimum atomic E-state index is 0.0540. The van der Waals surface area contributed by atoms with Crippen LogP contribution in [0, 0.1) is 0 Å². The van der Waals surface area contributed by atoms with Crippen molar-refractivity contribution in [2.75, 3.05) is 5.75 Å². The fraction of sp³-hybridized carbons (Fsp3) is 0.150. The molecule has 0 saturated carbocycles. The minimum Gasteiger partial charge on any atom is -0.453 e. The van der Waals surface area contributed by atoms with Crippen LogP contribution < -0.4 is 0 Å². The van der Waals surface area contributed by atoms with Gasteiger partial charge in [0.05, 0.1) is 5.75 Å². The summed E-state index contributed by atoms with van der Waals surface area (Å²) < 4.78 is 9.85. The van der Waals surface area contributed by atoms with Crippen molar-refractivity contribution in [2.45, 2.75) is 18.6 Å². The smallest absolute Gasteiger partial charge is 0.200 e. The quantitative estimate of drug-likeness (QED) is 0.223. The average Bonchev–Trinajstić information content (AvgIpc) is 3.29. The van der Waals surface area contributed by atoms with Gasteiger partial charge in [0.2, 0.25) is 5.82 Å². The molecule has 0 fully saturated rings. The Hall–Kier alpha value is -1.90. The van der Waals surface area contributed by atoms with Gasteiger partial charge in [-0.3, -0.25) is 9.36 Å². The van der Waals surface area contributed by atoms with Crippen LogP contribution in [0.4, 0.5) is 0 Å². The normalized spacial score (nSPS) is 11.2. The van der Waals surface area contributed by atoms with E-state index in [2.05, 4.69) is 42.1 Å². The summed E-state index contributed by atoms with van der Waals surface area (Å²) in [5.41, 5.74) is 1.48. The Bertz CT molecular complexity index is 1150. The molecule has 0 N–H and O–H groups in total. The van der Waals surface area contributed by atoms with Gasteiger partial charge < -0.3 is 4.42 Å². The third-order valence-corrected chi connectivity index (χ3v) is 6.22. The third kappa shape index (κ3) is 3.94. The van der Waals surface area contributed by atoms with Crippen molar-refractivity contribution in [3.05, 3.63) is 63.0 Å². The second-order valence-corrected chi connectivity index (χ2v) is 8.84. The molecular weight excluding hydrogens is 506 g/mol. The molecular formula is C20H15Br2N3O2S. The lowest BCUT2D eigenvalue weighted by atomic mass is 10.2. The molecule has 2 heterocycles. The predicted molar refractivity (Wildman–Crippen MR) is 118 cm³/mol. The Morgan fingerprint density at radius 2 is 1.82 bits per heavy atom. The molecule has 8 heteroatoms. The van der Waals surface area contributed by atoms with E-state index in [4.69, 9.17) is 4.42 Å². The summed E-state index contributed by atoms with van der Waals surface area (Å²) in [5.74, 6) is 1.67. The first-order valence-electron chi connectivity index (χ1n) is 8.59. The van der Waals surface area contributed by atoms with Crippen molar-refractivity contribution in [3.8, 4) is 11.6 Å². The van der Waals surface area contributed by atoms with E-state index in [1.54, 1.807) is 0 Å². The van der Waals surface area contributed by atoms with E-state index >= 15 is 0 Å². The van der Waals surface area contributed by atoms with E-state index in [9.17, 15) is 4.79 Å². The lowest BCUT2D eigenvalue weighted by Crippen LogP contribution is -2.05. The zero-order valence-electron chi connectivity index (χ0n) is 14.9. The summed E-state index contributed by atoms with van der Waals surface area (Å²) in [6.45, 7) is 2.70. The fourth-order valence-electron chi connectivity index (χ4n) is 2.84. The lowest BCUT2D eigenvalue weighted by molar-refractivity contribution is 0.102. The highest BCUT2D eigenvalue weighted by atomic mass is 79.9. The average molecular weight is 521 g/mol. The first kappa shape index (κ1) is 19.4. The number of ketones is 1. The number of Topliss-reactive ketones (excluding diaryl/α,β-unsaturated/α-hetero) is 1. The van der Waals surface area contributed by atoms with Crippen molar-refractivity contribution in [1.82, 2.24) is 14.8 Å². The number of benzene rings is 2. The highest BCUT2D eigenvalue weighted by Gasteiger charge is 2.18. The van der Waals surface area contributed by atoms with Gasteiger partial charge in [0.1, 0.15) is 5.58 Å². The molecule has 0 spiro atoms. The van der Waals surface area contributed by atoms with Crippen LogP contribution in [-0.2, 0) is 6.54 Å². The Kier molecular flexibility index (Phi) is 5.70. The molecule has 2 aromatic carbocycles. The van der Waals surface area contributed by atoms with E-state index in [0.717, 1.165) is 19.9 Å². The molecule has 142 valence electrons. The lowest BCUT2D eigenvalue weighted by Gasteiger charge is -2.05. The molecule has 0 aliphatic heterocycles. The second-order valence-electron chi connectivity index (χ2n) is 6.06. The standard InChI is InChI=1S/C20H15Br2N3O2S/c1-2-25-19(18-10-13-9-15(22)7-8-17(13)27-18)23-24-20(25)28-11-16(26)12-3-5-14(21)6-4-12/h3-10H,2,11H2,1H3. The van der Waals surface area contributed by atoms with Gasteiger partial charge in [-0.15, -0.1) is 10.2 Å². The molecule has 0 radical (unpaired) electrons. The van der Waals surface area contributed by atoms with Crippen molar-refractivity contribution >= 4 is 60.4 Å². The van der Waals surface area contributed by atoms with E-state index < -0.39 is 0 Å². The zero-order chi connectivity index (χ0) is 19.7. The van der Waals surface area contributed by atoms with Crippen molar-refractivity contribution < 1.29 is 9.21 Å². The largest absolute Gasteiger partial charge is 0.453 e. The van der Waals surface area contributed by atoms with Crippen LogP contribution in [0.15, 0.2) is 67.0 Å². The number of rotatable bonds is 6. The van der Waals surface area contributed by atoms with Gasteiger partial charge in [0.15, 0.2) is 16.7 Å². The highest BCUT2D eigenvalue weighted by molar-refractivity contribution is 9.10. The SMILES string of the molecule is CCn1c(SCC(=O)c2ccc(Br)cc2)nnc1-c1cc2cc(Br)ccc2o1. The Labute approximate surface area is 182 Å². The summed E-state index contributed by atoms with van der Waals surface area (Å²) >= 11 is 8.24.